The molecule has 0 unspecified atom stereocenters. The first kappa shape index (κ1) is 23.9. The maximum absolute atomic E-state index is 12.7. The molecule has 0 radical (unpaired) electrons. The van der Waals surface area contributed by atoms with E-state index in [-0.39, 0.29) is 12.1 Å². The lowest BCUT2D eigenvalue weighted by atomic mass is 9.95. The van der Waals surface area contributed by atoms with E-state index in [9.17, 15) is 4.79 Å². The first-order valence-corrected chi connectivity index (χ1v) is 11.3. The van der Waals surface area contributed by atoms with Crippen molar-refractivity contribution in [3.05, 3.63) is 17.1 Å². The summed E-state index contributed by atoms with van der Waals surface area (Å²) in [5, 5.41) is 13.7. The van der Waals surface area contributed by atoms with Crippen LogP contribution in [0.15, 0.2) is 10.3 Å². The zero-order valence-corrected chi connectivity index (χ0v) is 19.9. The second-order valence-electron chi connectivity index (χ2n) is 9.23. The van der Waals surface area contributed by atoms with E-state index in [2.05, 4.69) is 30.5 Å². The van der Waals surface area contributed by atoms with E-state index in [0.29, 0.717) is 30.9 Å². The van der Waals surface area contributed by atoms with Crippen LogP contribution in [0.25, 0.3) is 11.0 Å². The van der Waals surface area contributed by atoms with E-state index in [0.717, 1.165) is 35.4 Å². The van der Waals surface area contributed by atoms with Crippen LogP contribution in [0.2, 0.25) is 0 Å². The third-order valence-electron chi connectivity index (χ3n) is 6.06. The number of fused-ring (bicyclic) bond motifs is 1. The summed E-state index contributed by atoms with van der Waals surface area (Å²) >= 11 is 0. The zero-order valence-electron chi connectivity index (χ0n) is 19.9. The Bertz CT molecular complexity index is 976. The number of hydrogen-bond acceptors (Lipinski definition) is 6. The van der Waals surface area contributed by atoms with Crippen LogP contribution in [0.3, 0.4) is 0 Å². The number of carbonyl (C=O) groups is 1. The number of pyridine rings is 1. The number of nitrogens with one attached hydrogen (secondary N) is 2. The molecule has 0 aromatic carbocycles. The Hall–Kier alpha value is -2.75. The molecule has 32 heavy (non-hydrogen) atoms. The molecule has 0 saturated heterocycles. The summed E-state index contributed by atoms with van der Waals surface area (Å²) in [5.74, 6) is 6.54. The van der Waals surface area contributed by atoms with Gasteiger partial charge in [-0.3, -0.25) is 0 Å². The molecule has 1 saturated carbocycles. The van der Waals surface area contributed by atoms with Crippen molar-refractivity contribution < 1.29 is 9.53 Å². The molecule has 2 heterocycles. The average Bonchev–Trinajstić information content (AvgIpc) is 3.08. The van der Waals surface area contributed by atoms with Gasteiger partial charge in [0.1, 0.15) is 11.3 Å². The zero-order chi connectivity index (χ0) is 23.3. The molecule has 0 spiro atoms. The lowest BCUT2D eigenvalue weighted by Gasteiger charge is -2.30. The van der Waals surface area contributed by atoms with Gasteiger partial charge in [-0.15, -0.1) is 5.11 Å². The van der Waals surface area contributed by atoms with Crippen LogP contribution < -0.4 is 16.5 Å². The smallest absolute Gasteiger partial charge is 0.315 e. The summed E-state index contributed by atoms with van der Waals surface area (Å²) in [7, 11) is 1.67. The van der Waals surface area contributed by atoms with Crippen molar-refractivity contribution in [2.24, 2.45) is 16.2 Å². The standard InChI is InChI=1S/C22H36N8O2/c1-14-15(2)24-20(28-29-23)18-19(14)30(17(26-18)11-12-32-5)13-22(3,4)27-21(31)25-16-9-7-6-8-10-16/h16H,6-13H2,1-5H3,(H2,23,24,28)(H2,25,27,31). The molecule has 4 N–H and O–H groups in total. The number of urea groups is 1. The minimum Gasteiger partial charge on any atom is -0.384 e. The minimum absolute atomic E-state index is 0.128. The van der Waals surface area contributed by atoms with Crippen molar-refractivity contribution >= 4 is 22.9 Å². The number of amides is 2. The number of methoxy groups -OCH3 is 1. The van der Waals surface area contributed by atoms with Gasteiger partial charge in [-0.05, 0) is 46.1 Å². The van der Waals surface area contributed by atoms with Gasteiger partial charge in [0.2, 0.25) is 5.82 Å². The van der Waals surface area contributed by atoms with Crippen LogP contribution in [0, 0.1) is 13.8 Å². The van der Waals surface area contributed by atoms with Crippen molar-refractivity contribution in [2.75, 3.05) is 13.7 Å². The minimum atomic E-state index is -0.520. The summed E-state index contributed by atoms with van der Waals surface area (Å²) in [6.07, 6.45) is 6.31. The highest BCUT2D eigenvalue weighted by Crippen LogP contribution is 2.30. The van der Waals surface area contributed by atoms with Crippen LogP contribution in [0.4, 0.5) is 10.6 Å². The number of carbonyl (C=O) groups excluding carboxylic acids is 1. The van der Waals surface area contributed by atoms with Gasteiger partial charge in [-0.2, -0.15) is 0 Å². The Kier molecular flexibility index (Phi) is 7.65. The van der Waals surface area contributed by atoms with Gasteiger partial charge in [-0.25, -0.2) is 14.8 Å². The number of hydrogen-bond donors (Lipinski definition) is 3. The van der Waals surface area contributed by atoms with E-state index < -0.39 is 5.54 Å². The van der Waals surface area contributed by atoms with Gasteiger partial charge in [-0.1, -0.05) is 24.5 Å². The molecule has 1 aliphatic rings. The highest BCUT2D eigenvalue weighted by atomic mass is 16.5. The van der Waals surface area contributed by atoms with Gasteiger partial charge in [0.25, 0.3) is 0 Å². The van der Waals surface area contributed by atoms with Crippen LogP contribution >= 0.6 is 0 Å². The van der Waals surface area contributed by atoms with Crippen molar-refractivity contribution in [2.45, 2.75) is 84.3 Å². The lowest BCUT2D eigenvalue weighted by molar-refractivity contribution is 0.198. The second kappa shape index (κ2) is 10.2. The van der Waals surface area contributed by atoms with Gasteiger partial charge in [0, 0.05) is 31.8 Å². The summed E-state index contributed by atoms with van der Waals surface area (Å²) in [6.45, 7) is 9.04. The van der Waals surface area contributed by atoms with Crippen molar-refractivity contribution in [1.82, 2.24) is 25.2 Å². The Morgan fingerprint density at radius 2 is 1.97 bits per heavy atom. The molecule has 10 heteroatoms. The van der Waals surface area contributed by atoms with Gasteiger partial charge in [0.05, 0.1) is 17.7 Å². The maximum Gasteiger partial charge on any atom is 0.315 e. The predicted molar refractivity (Wildman–Crippen MR) is 124 cm³/mol. The van der Waals surface area contributed by atoms with E-state index in [1.165, 1.54) is 19.3 Å². The molecule has 0 atom stereocenters. The predicted octanol–water partition coefficient (Wildman–Crippen LogP) is 3.60. The van der Waals surface area contributed by atoms with E-state index >= 15 is 0 Å². The quantitative estimate of drug-likeness (QED) is 0.325. The van der Waals surface area contributed by atoms with Crippen LogP contribution in [0.1, 0.15) is 63.0 Å². The van der Waals surface area contributed by atoms with Crippen LogP contribution in [0.5, 0.6) is 0 Å². The van der Waals surface area contributed by atoms with Gasteiger partial charge >= 0.3 is 6.03 Å². The molecule has 2 aromatic heterocycles. The molecule has 0 bridgehead atoms. The summed E-state index contributed by atoms with van der Waals surface area (Å²) in [4.78, 5) is 22.0. The SMILES string of the molecule is COCCc1nc2c(N=NN)nc(C)c(C)c2n1CC(C)(C)NC(=O)NC1CCCCC1. The number of ether oxygens (including phenoxy) is 1. The van der Waals surface area contributed by atoms with Crippen LogP contribution in [-0.2, 0) is 17.7 Å². The second-order valence-corrected chi connectivity index (χ2v) is 9.23. The number of imidazole rings is 1. The fourth-order valence-electron chi connectivity index (χ4n) is 4.39. The third-order valence-corrected chi connectivity index (χ3v) is 6.06. The van der Waals surface area contributed by atoms with Crippen molar-refractivity contribution in [3.63, 3.8) is 0 Å². The van der Waals surface area contributed by atoms with E-state index in [1.54, 1.807) is 7.11 Å². The largest absolute Gasteiger partial charge is 0.384 e. The lowest BCUT2D eigenvalue weighted by Crippen LogP contribution is -2.53. The molecule has 2 amide bonds. The molecule has 0 aliphatic heterocycles. The Morgan fingerprint density at radius 3 is 2.62 bits per heavy atom. The van der Waals surface area contributed by atoms with E-state index in [1.807, 2.05) is 27.7 Å². The highest BCUT2D eigenvalue weighted by Gasteiger charge is 2.27. The van der Waals surface area contributed by atoms with Gasteiger partial charge in [0.15, 0.2) is 0 Å². The fraction of sp³-hybridized carbons (Fsp3) is 0.682. The average molecular weight is 445 g/mol. The number of nitrogens with zero attached hydrogens (tertiary/aromatic N) is 5. The maximum atomic E-state index is 12.7. The molecular formula is C22H36N8O2. The third kappa shape index (κ3) is 5.53. The molecule has 10 nitrogen and oxygen atoms in total. The molecule has 176 valence electrons. The molecule has 1 aliphatic carbocycles. The summed E-state index contributed by atoms with van der Waals surface area (Å²) in [5.41, 5.74) is 2.90. The molecule has 1 fully saturated rings. The number of aryl methyl sites for hydroxylation is 2. The fourth-order valence-corrected chi connectivity index (χ4v) is 4.39. The monoisotopic (exact) mass is 444 g/mol. The summed E-state index contributed by atoms with van der Waals surface area (Å²) < 4.78 is 7.43. The molecule has 3 rings (SSSR count). The van der Waals surface area contributed by atoms with Crippen LogP contribution in [-0.4, -0.2) is 45.9 Å². The Morgan fingerprint density at radius 1 is 1.25 bits per heavy atom. The van der Waals surface area contributed by atoms with Gasteiger partial charge < -0.3 is 25.8 Å². The number of aromatic nitrogens is 3. The topological polar surface area (TPSA) is 132 Å². The molecular weight excluding hydrogens is 408 g/mol. The number of rotatable bonds is 8. The Labute approximate surface area is 189 Å². The normalized spacial score (nSPS) is 15.5. The van der Waals surface area contributed by atoms with Crippen molar-refractivity contribution in [3.8, 4) is 0 Å². The van der Waals surface area contributed by atoms with Crippen molar-refractivity contribution in [1.29, 1.82) is 0 Å². The highest BCUT2D eigenvalue weighted by molar-refractivity contribution is 5.88. The Balaban J connectivity index is 1.91. The first-order valence-electron chi connectivity index (χ1n) is 11.3. The van der Waals surface area contributed by atoms with E-state index in [4.69, 9.17) is 15.6 Å². The number of nitrogens with two attached hydrogens (primary N) is 1. The molecule has 2 aromatic rings. The summed E-state index contributed by atoms with van der Waals surface area (Å²) in [6, 6.07) is 0.128. The first-order chi connectivity index (χ1) is 15.3.